The van der Waals surface area contributed by atoms with Crippen LogP contribution in [0.2, 0.25) is 0 Å². The SMILES string of the molecule is COCCOCC(=O)N(C)c1cccc(OC)c1. The van der Waals surface area contributed by atoms with Crippen molar-refractivity contribution >= 4 is 11.6 Å². The van der Waals surface area contributed by atoms with E-state index in [9.17, 15) is 4.79 Å². The van der Waals surface area contributed by atoms with Crippen LogP contribution in [0, 0.1) is 0 Å². The van der Waals surface area contributed by atoms with E-state index in [1.807, 2.05) is 18.2 Å². The van der Waals surface area contributed by atoms with Crippen LogP contribution in [0.5, 0.6) is 5.75 Å². The number of likely N-dealkylation sites (N-methyl/N-ethyl adjacent to an activating group) is 1. The quantitative estimate of drug-likeness (QED) is 0.688. The average Bonchev–Trinajstić information content (AvgIpc) is 2.42. The number of carbonyl (C=O) groups is 1. The van der Waals surface area contributed by atoms with E-state index in [4.69, 9.17) is 14.2 Å². The number of methoxy groups -OCH3 is 2. The van der Waals surface area contributed by atoms with Crippen LogP contribution in [-0.4, -0.2) is 47.0 Å². The molecule has 0 unspecified atom stereocenters. The molecule has 0 aliphatic heterocycles. The van der Waals surface area contributed by atoms with Gasteiger partial charge in [0.1, 0.15) is 12.4 Å². The molecule has 0 heterocycles. The second-order valence-corrected chi connectivity index (χ2v) is 3.70. The molecule has 0 fully saturated rings. The van der Waals surface area contributed by atoms with Crippen LogP contribution >= 0.6 is 0 Å². The van der Waals surface area contributed by atoms with Crippen molar-refractivity contribution in [1.29, 1.82) is 0 Å². The normalized spacial score (nSPS) is 10.2. The van der Waals surface area contributed by atoms with Gasteiger partial charge < -0.3 is 19.1 Å². The number of hydrogen-bond acceptors (Lipinski definition) is 4. The van der Waals surface area contributed by atoms with Gasteiger partial charge in [0.15, 0.2) is 0 Å². The van der Waals surface area contributed by atoms with Crippen molar-refractivity contribution in [1.82, 2.24) is 0 Å². The molecule has 0 aliphatic carbocycles. The van der Waals surface area contributed by atoms with E-state index in [1.54, 1.807) is 27.3 Å². The number of nitrogens with zero attached hydrogens (tertiary/aromatic N) is 1. The highest BCUT2D eigenvalue weighted by molar-refractivity contribution is 5.93. The third-order valence-electron chi connectivity index (χ3n) is 2.47. The predicted molar refractivity (Wildman–Crippen MR) is 69.1 cm³/mol. The number of amides is 1. The third kappa shape index (κ3) is 4.35. The minimum Gasteiger partial charge on any atom is -0.497 e. The predicted octanol–water partition coefficient (Wildman–Crippen LogP) is 1.32. The molecule has 0 bridgehead atoms. The molecular weight excluding hydrogens is 234 g/mol. The molecule has 0 radical (unpaired) electrons. The summed E-state index contributed by atoms with van der Waals surface area (Å²) in [6, 6.07) is 7.31. The maximum absolute atomic E-state index is 11.8. The van der Waals surface area contributed by atoms with Crippen molar-refractivity contribution in [2.45, 2.75) is 0 Å². The number of benzene rings is 1. The Morgan fingerprint density at radius 2 is 2.06 bits per heavy atom. The summed E-state index contributed by atoms with van der Waals surface area (Å²) in [5, 5.41) is 0. The first-order chi connectivity index (χ1) is 8.69. The summed E-state index contributed by atoms with van der Waals surface area (Å²) < 4.78 is 15.1. The van der Waals surface area contributed by atoms with Gasteiger partial charge in [-0.25, -0.2) is 0 Å². The zero-order valence-corrected chi connectivity index (χ0v) is 11.0. The van der Waals surface area contributed by atoms with Gasteiger partial charge in [0, 0.05) is 25.9 Å². The Labute approximate surface area is 107 Å². The average molecular weight is 253 g/mol. The van der Waals surface area contributed by atoms with Gasteiger partial charge in [0.2, 0.25) is 0 Å². The number of rotatable bonds is 7. The van der Waals surface area contributed by atoms with Gasteiger partial charge in [0.25, 0.3) is 5.91 Å². The van der Waals surface area contributed by atoms with Crippen molar-refractivity contribution < 1.29 is 19.0 Å². The fourth-order valence-corrected chi connectivity index (χ4v) is 1.36. The molecule has 1 amide bonds. The maximum atomic E-state index is 11.8. The van der Waals surface area contributed by atoms with Crippen LogP contribution in [0.3, 0.4) is 0 Å². The van der Waals surface area contributed by atoms with E-state index in [2.05, 4.69) is 0 Å². The van der Waals surface area contributed by atoms with E-state index in [-0.39, 0.29) is 12.5 Å². The Balaban J connectivity index is 2.51. The van der Waals surface area contributed by atoms with Gasteiger partial charge in [-0.1, -0.05) is 6.07 Å². The Bertz CT molecular complexity index is 381. The summed E-state index contributed by atoms with van der Waals surface area (Å²) >= 11 is 0. The second-order valence-electron chi connectivity index (χ2n) is 3.70. The monoisotopic (exact) mass is 253 g/mol. The summed E-state index contributed by atoms with van der Waals surface area (Å²) in [6.45, 7) is 0.932. The molecule has 0 N–H and O–H groups in total. The van der Waals surface area contributed by atoms with E-state index in [1.165, 1.54) is 4.90 Å². The topological polar surface area (TPSA) is 48.0 Å². The van der Waals surface area contributed by atoms with Crippen molar-refractivity contribution in [3.8, 4) is 5.75 Å². The van der Waals surface area contributed by atoms with Gasteiger partial charge >= 0.3 is 0 Å². The molecule has 5 nitrogen and oxygen atoms in total. The molecule has 0 aromatic heterocycles. The Hall–Kier alpha value is -1.59. The standard InChI is InChI=1S/C13H19NO4/c1-14(13(15)10-18-8-7-16-2)11-5-4-6-12(9-11)17-3/h4-6,9H,7-8,10H2,1-3H3. The van der Waals surface area contributed by atoms with E-state index in [0.717, 1.165) is 5.69 Å². The number of hydrogen-bond donors (Lipinski definition) is 0. The molecule has 0 spiro atoms. The first-order valence-electron chi connectivity index (χ1n) is 5.66. The molecular formula is C13H19NO4. The Kier molecular flexibility index (Phi) is 6.18. The van der Waals surface area contributed by atoms with Crippen molar-refractivity contribution in [3.63, 3.8) is 0 Å². The van der Waals surface area contributed by atoms with Crippen LogP contribution in [0.1, 0.15) is 0 Å². The van der Waals surface area contributed by atoms with Crippen molar-refractivity contribution in [2.24, 2.45) is 0 Å². The van der Waals surface area contributed by atoms with Crippen molar-refractivity contribution in [3.05, 3.63) is 24.3 Å². The summed E-state index contributed by atoms with van der Waals surface area (Å²) in [5.74, 6) is 0.604. The molecule has 1 rings (SSSR count). The lowest BCUT2D eigenvalue weighted by atomic mass is 10.3. The van der Waals surface area contributed by atoms with Crippen LogP contribution in [-0.2, 0) is 14.3 Å². The van der Waals surface area contributed by atoms with Crippen LogP contribution in [0.15, 0.2) is 24.3 Å². The Morgan fingerprint density at radius 1 is 1.28 bits per heavy atom. The third-order valence-corrected chi connectivity index (χ3v) is 2.47. The highest BCUT2D eigenvalue weighted by atomic mass is 16.5. The molecule has 100 valence electrons. The zero-order chi connectivity index (χ0) is 13.4. The first kappa shape index (κ1) is 14.5. The van der Waals surface area contributed by atoms with Crippen LogP contribution < -0.4 is 9.64 Å². The zero-order valence-electron chi connectivity index (χ0n) is 11.0. The number of ether oxygens (including phenoxy) is 3. The number of anilines is 1. The highest BCUT2D eigenvalue weighted by Gasteiger charge is 2.11. The van der Waals surface area contributed by atoms with Crippen LogP contribution in [0.25, 0.3) is 0 Å². The van der Waals surface area contributed by atoms with E-state index >= 15 is 0 Å². The van der Waals surface area contributed by atoms with Gasteiger partial charge in [-0.15, -0.1) is 0 Å². The van der Waals surface area contributed by atoms with Gasteiger partial charge in [-0.2, -0.15) is 0 Å². The second kappa shape index (κ2) is 7.68. The van der Waals surface area contributed by atoms with E-state index in [0.29, 0.717) is 19.0 Å². The minimum absolute atomic E-state index is 0.0388. The molecule has 0 atom stereocenters. The summed E-state index contributed by atoms with van der Waals surface area (Å²) in [7, 11) is 4.89. The fourth-order valence-electron chi connectivity index (χ4n) is 1.36. The highest BCUT2D eigenvalue weighted by Crippen LogP contribution is 2.19. The molecule has 1 aromatic rings. The van der Waals surface area contributed by atoms with Crippen molar-refractivity contribution in [2.75, 3.05) is 46.0 Å². The van der Waals surface area contributed by atoms with Gasteiger partial charge in [-0.05, 0) is 12.1 Å². The smallest absolute Gasteiger partial charge is 0.252 e. The van der Waals surface area contributed by atoms with Gasteiger partial charge in [0.05, 0.1) is 20.3 Å². The molecule has 0 saturated carbocycles. The fraction of sp³-hybridized carbons (Fsp3) is 0.462. The first-order valence-corrected chi connectivity index (χ1v) is 5.66. The lowest BCUT2D eigenvalue weighted by Gasteiger charge is -2.17. The summed E-state index contributed by atoms with van der Waals surface area (Å²) in [5.41, 5.74) is 0.773. The maximum Gasteiger partial charge on any atom is 0.252 e. The summed E-state index contributed by atoms with van der Waals surface area (Å²) in [4.78, 5) is 13.4. The largest absolute Gasteiger partial charge is 0.497 e. The van der Waals surface area contributed by atoms with Crippen LogP contribution in [0.4, 0.5) is 5.69 Å². The summed E-state index contributed by atoms with van der Waals surface area (Å²) in [6.07, 6.45) is 0. The molecule has 0 aliphatic rings. The Morgan fingerprint density at radius 3 is 2.72 bits per heavy atom. The van der Waals surface area contributed by atoms with E-state index < -0.39 is 0 Å². The van der Waals surface area contributed by atoms with Gasteiger partial charge in [-0.3, -0.25) is 4.79 Å². The molecule has 18 heavy (non-hydrogen) atoms. The molecule has 1 aromatic carbocycles. The number of carbonyl (C=O) groups excluding carboxylic acids is 1. The lowest BCUT2D eigenvalue weighted by Crippen LogP contribution is -2.30. The molecule has 0 saturated heterocycles. The lowest BCUT2D eigenvalue weighted by molar-refractivity contribution is -0.123. The minimum atomic E-state index is -0.112. The molecule has 5 heteroatoms.